The number of amides is 3. The Morgan fingerprint density at radius 1 is 1.21 bits per heavy atom. The number of rotatable bonds is 11. The Hall–Kier alpha value is -2.57. The van der Waals surface area contributed by atoms with E-state index in [1.807, 2.05) is 0 Å². The van der Waals surface area contributed by atoms with E-state index in [1.54, 1.807) is 23.1 Å². The molecule has 0 spiro atoms. The van der Waals surface area contributed by atoms with Gasteiger partial charge >= 0.3 is 0 Å². The maximum absolute atomic E-state index is 12.4. The SMILES string of the molecule is CCCCCCNC(=O)C1CCCN(C(=O)CCNC(=O)/C=C/c2ccco2)C1. The second-order valence-electron chi connectivity index (χ2n) is 7.42. The molecular formula is C22H33N3O4. The molecule has 0 radical (unpaired) electrons. The molecule has 1 atom stereocenters. The first-order valence-electron chi connectivity index (χ1n) is 10.6. The van der Waals surface area contributed by atoms with Gasteiger partial charge in [0.2, 0.25) is 17.7 Å². The van der Waals surface area contributed by atoms with Crippen LogP contribution in [0, 0.1) is 5.92 Å². The number of nitrogens with one attached hydrogen (secondary N) is 2. The van der Waals surface area contributed by atoms with Crippen LogP contribution in [0.15, 0.2) is 28.9 Å². The smallest absolute Gasteiger partial charge is 0.244 e. The molecule has 1 aromatic rings. The Bertz CT molecular complexity index is 670. The van der Waals surface area contributed by atoms with Crippen LogP contribution in [-0.2, 0) is 14.4 Å². The fourth-order valence-electron chi connectivity index (χ4n) is 3.38. The first-order chi connectivity index (χ1) is 14.1. The molecule has 160 valence electrons. The van der Waals surface area contributed by atoms with Gasteiger partial charge in [-0.25, -0.2) is 0 Å². The van der Waals surface area contributed by atoms with Crippen molar-refractivity contribution in [3.05, 3.63) is 30.2 Å². The van der Waals surface area contributed by atoms with Crippen molar-refractivity contribution >= 4 is 23.8 Å². The highest BCUT2D eigenvalue weighted by atomic mass is 16.3. The van der Waals surface area contributed by atoms with E-state index in [2.05, 4.69) is 17.6 Å². The van der Waals surface area contributed by atoms with E-state index in [4.69, 9.17) is 4.42 Å². The van der Waals surface area contributed by atoms with Gasteiger partial charge in [-0.1, -0.05) is 26.2 Å². The van der Waals surface area contributed by atoms with Crippen molar-refractivity contribution in [2.24, 2.45) is 5.92 Å². The Balaban J connectivity index is 1.65. The largest absolute Gasteiger partial charge is 0.465 e. The number of carbonyl (C=O) groups excluding carboxylic acids is 3. The van der Waals surface area contributed by atoms with Crippen molar-refractivity contribution in [1.29, 1.82) is 0 Å². The number of hydrogen-bond acceptors (Lipinski definition) is 4. The standard InChI is InChI=1S/C22H33N3O4/c1-2-3-4-5-13-24-22(28)18-8-6-15-25(17-18)21(27)12-14-23-20(26)11-10-19-9-7-16-29-19/h7,9-11,16,18H,2-6,8,12-15,17H2,1H3,(H,23,26)(H,24,28)/b11-10+. The number of nitrogens with zero attached hydrogens (tertiary/aromatic N) is 1. The fraction of sp³-hybridized carbons (Fsp3) is 0.591. The van der Waals surface area contributed by atoms with E-state index in [-0.39, 0.29) is 36.6 Å². The quantitative estimate of drug-likeness (QED) is 0.439. The van der Waals surface area contributed by atoms with Gasteiger partial charge in [0.1, 0.15) is 5.76 Å². The van der Waals surface area contributed by atoms with Crippen molar-refractivity contribution in [3.63, 3.8) is 0 Å². The van der Waals surface area contributed by atoms with Gasteiger partial charge in [-0.15, -0.1) is 0 Å². The molecule has 2 heterocycles. The van der Waals surface area contributed by atoms with Crippen LogP contribution in [0.4, 0.5) is 0 Å². The first-order valence-corrected chi connectivity index (χ1v) is 10.6. The summed E-state index contributed by atoms with van der Waals surface area (Å²) in [5.74, 6) is 0.216. The molecule has 29 heavy (non-hydrogen) atoms. The van der Waals surface area contributed by atoms with Crippen LogP contribution in [0.3, 0.4) is 0 Å². The van der Waals surface area contributed by atoms with Crippen molar-refractivity contribution < 1.29 is 18.8 Å². The molecule has 0 aromatic carbocycles. The zero-order valence-corrected chi connectivity index (χ0v) is 17.3. The summed E-state index contributed by atoms with van der Waals surface area (Å²) >= 11 is 0. The van der Waals surface area contributed by atoms with E-state index >= 15 is 0 Å². The summed E-state index contributed by atoms with van der Waals surface area (Å²) in [5, 5.41) is 5.70. The second-order valence-corrected chi connectivity index (χ2v) is 7.42. The molecular weight excluding hydrogens is 370 g/mol. The molecule has 3 amide bonds. The van der Waals surface area contributed by atoms with Gasteiger partial charge in [-0.2, -0.15) is 0 Å². The Kier molecular flexibility index (Phi) is 10.0. The molecule has 2 rings (SSSR count). The second kappa shape index (κ2) is 12.8. The predicted octanol–water partition coefficient (Wildman–Crippen LogP) is 2.73. The van der Waals surface area contributed by atoms with Crippen LogP contribution in [0.1, 0.15) is 57.6 Å². The molecule has 2 N–H and O–H groups in total. The van der Waals surface area contributed by atoms with E-state index in [1.165, 1.54) is 25.2 Å². The lowest BCUT2D eigenvalue weighted by Crippen LogP contribution is -2.46. The van der Waals surface area contributed by atoms with Gasteiger partial charge in [-0.05, 0) is 37.5 Å². The summed E-state index contributed by atoms with van der Waals surface area (Å²) in [4.78, 5) is 38.3. The lowest BCUT2D eigenvalue weighted by Gasteiger charge is -2.32. The minimum atomic E-state index is -0.270. The number of furan rings is 1. The fourth-order valence-corrected chi connectivity index (χ4v) is 3.38. The van der Waals surface area contributed by atoms with Crippen LogP contribution in [0.2, 0.25) is 0 Å². The maximum Gasteiger partial charge on any atom is 0.244 e. The van der Waals surface area contributed by atoms with Crippen molar-refractivity contribution in [2.45, 2.75) is 51.9 Å². The highest BCUT2D eigenvalue weighted by Gasteiger charge is 2.27. The number of unbranched alkanes of at least 4 members (excludes halogenated alkanes) is 3. The number of hydrogen-bond donors (Lipinski definition) is 2. The van der Waals surface area contributed by atoms with Crippen molar-refractivity contribution in [3.8, 4) is 0 Å². The number of likely N-dealkylation sites (tertiary alicyclic amines) is 1. The average Bonchev–Trinajstić information content (AvgIpc) is 3.25. The molecule has 0 bridgehead atoms. The molecule has 7 heteroatoms. The van der Waals surface area contributed by atoms with Crippen LogP contribution >= 0.6 is 0 Å². The van der Waals surface area contributed by atoms with Crippen LogP contribution in [-0.4, -0.2) is 48.8 Å². The minimum Gasteiger partial charge on any atom is -0.465 e. The zero-order valence-electron chi connectivity index (χ0n) is 17.3. The first kappa shape index (κ1) is 22.7. The number of carbonyl (C=O) groups is 3. The van der Waals surface area contributed by atoms with E-state index in [9.17, 15) is 14.4 Å². The van der Waals surface area contributed by atoms with Crippen LogP contribution in [0.25, 0.3) is 6.08 Å². The lowest BCUT2D eigenvalue weighted by atomic mass is 9.96. The van der Waals surface area contributed by atoms with E-state index in [0.717, 1.165) is 25.7 Å². The molecule has 0 saturated carbocycles. The topological polar surface area (TPSA) is 91.7 Å². The summed E-state index contributed by atoms with van der Waals surface area (Å²) in [6.07, 6.45) is 10.9. The molecule has 1 saturated heterocycles. The molecule has 1 aliphatic rings. The van der Waals surface area contributed by atoms with Crippen LogP contribution < -0.4 is 10.6 Å². The minimum absolute atomic E-state index is 0.0271. The summed E-state index contributed by atoms with van der Waals surface area (Å²) in [7, 11) is 0. The summed E-state index contributed by atoms with van der Waals surface area (Å²) in [6.45, 7) is 4.28. The molecule has 1 unspecified atom stereocenters. The van der Waals surface area contributed by atoms with Crippen molar-refractivity contribution in [1.82, 2.24) is 15.5 Å². The Morgan fingerprint density at radius 3 is 2.83 bits per heavy atom. The number of piperidine rings is 1. The normalized spacial score (nSPS) is 16.7. The van der Waals surface area contributed by atoms with Crippen molar-refractivity contribution in [2.75, 3.05) is 26.2 Å². The molecule has 7 nitrogen and oxygen atoms in total. The average molecular weight is 404 g/mol. The van der Waals surface area contributed by atoms with Crippen LogP contribution in [0.5, 0.6) is 0 Å². The Labute approximate surface area is 172 Å². The van der Waals surface area contributed by atoms with Gasteiger partial charge < -0.3 is 20.0 Å². The molecule has 1 aromatic heterocycles. The highest BCUT2D eigenvalue weighted by molar-refractivity contribution is 5.91. The van der Waals surface area contributed by atoms with Gasteiger partial charge in [0.25, 0.3) is 0 Å². The van der Waals surface area contributed by atoms with Gasteiger partial charge in [-0.3, -0.25) is 14.4 Å². The Morgan fingerprint density at radius 2 is 2.07 bits per heavy atom. The van der Waals surface area contributed by atoms with Gasteiger partial charge in [0.15, 0.2) is 0 Å². The molecule has 1 fully saturated rings. The van der Waals surface area contributed by atoms with Gasteiger partial charge in [0, 0.05) is 38.7 Å². The van der Waals surface area contributed by atoms with E-state index < -0.39 is 0 Å². The molecule has 0 aliphatic carbocycles. The highest BCUT2D eigenvalue weighted by Crippen LogP contribution is 2.17. The van der Waals surface area contributed by atoms with Gasteiger partial charge in [0.05, 0.1) is 12.2 Å². The third kappa shape index (κ3) is 8.54. The third-order valence-corrected chi connectivity index (χ3v) is 5.05. The summed E-state index contributed by atoms with van der Waals surface area (Å²) < 4.78 is 5.12. The maximum atomic E-state index is 12.4. The van der Waals surface area contributed by atoms with E-state index in [0.29, 0.717) is 25.4 Å². The summed E-state index contributed by atoms with van der Waals surface area (Å²) in [6, 6.07) is 3.50. The third-order valence-electron chi connectivity index (χ3n) is 5.05. The monoisotopic (exact) mass is 403 g/mol. The molecule has 1 aliphatic heterocycles. The predicted molar refractivity (Wildman–Crippen MR) is 112 cm³/mol. The summed E-state index contributed by atoms with van der Waals surface area (Å²) in [5.41, 5.74) is 0. The lowest BCUT2D eigenvalue weighted by molar-refractivity contribution is -0.135. The zero-order chi connectivity index (χ0) is 20.9.